The third-order valence-electron chi connectivity index (χ3n) is 15.6. The largest absolute Gasteiger partial charge is 0.495 e. The lowest BCUT2D eigenvalue weighted by molar-refractivity contribution is 0.413. The van der Waals surface area contributed by atoms with Crippen LogP contribution >= 0.6 is 0 Å². The number of rotatable bonds is 8. The molecule has 0 aliphatic carbocycles. The molecule has 2 aliphatic rings. The molecule has 80 heavy (non-hydrogen) atoms. The fourth-order valence-electron chi connectivity index (χ4n) is 12.4. The Labute approximate surface area is 454 Å². The smallest absolute Gasteiger partial charge is 0.168 e. The third-order valence-corrected chi connectivity index (χ3v) is 15.6. The van der Waals surface area contributed by atoms with Crippen LogP contribution in [0, 0.1) is 0 Å². The molecule has 0 unspecified atom stereocenters. The van der Waals surface area contributed by atoms with Gasteiger partial charge in [-0.3, -0.25) is 0 Å². The zero-order chi connectivity index (χ0) is 54.2. The van der Waals surface area contributed by atoms with Crippen molar-refractivity contribution in [3.63, 3.8) is 0 Å². The summed E-state index contributed by atoms with van der Waals surface area (Å²) in [5.41, 5.74) is 3.59. The topological polar surface area (TPSA) is 183 Å². The maximum absolute atomic E-state index is 6.51. The fourth-order valence-corrected chi connectivity index (χ4v) is 12.4. The first kappa shape index (κ1) is 46.8. The normalized spacial score (nSPS) is 12.0. The molecule has 5 heterocycles. The van der Waals surface area contributed by atoms with Gasteiger partial charge in [-0.2, -0.15) is 0 Å². The van der Waals surface area contributed by atoms with Crippen molar-refractivity contribution < 1.29 is 37.9 Å². The van der Waals surface area contributed by atoms with Gasteiger partial charge in [-0.15, -0.1) is 0 Å². The summed E-state index contributed by atoms with van der Waals surface area (Å²) in [7, 11) is 13.2. The minimum Gasteiger partial charge on any atom is -0.495 e. The quantitative estimate of drug-likeness (QED) is 0.137. The summed E-state index contributed by atoms with van der Waals surface area (Å²) in [5.74, 6) is 5.22. The van der Waals surface area contributed by atoms with Gasteiger partial charge in [0.1, 0.15) is 68.6 Å². The number of aromatic amines is 2. The van der Waals surface area contributed by atoms with E-state index in [9.17, 15) is 0 Å². The van der Waals surface area contributed by atoms with E-state index in [1.807, 2.05) is 72.8 Å². The van der Waals surface area contributed by atoms with E-state index in [0.29, 0.717) is 112 Å². The molecular formula is C64H46N8O8. The number of nitrogens with zero attached hydrogens (tertiary/aromatic N) is 6. The second kappa shape index (κ2) is 17.5. The summed E-state index contributed by atoms with van der Waals surface area (Å²) in [4.78, 5) is 40.2. The first-order valence-corrected chi connectivity index (χ1v) is 25.7. The van der Waals surface area contributed by atoms with Crippen LogP contribution in [-0.4, -0.2) is 96.8 Å². The van der Waals surface area contributed by atoms with Crippen molar-refractivity contribution in [2.24, 2.45) is 0 Å². The van der Waals surface area contributed by atoms with E-state index >= 15 is 0 Å². The number of hydrogen-bond donors (Lipinski definition) is 2. The summed E-state index contributed by atoms with van der Waals surface area (Å²) in [6, 6.07) is 40.5. The van der Waals surface area contributed by atoms with Crippen LogP contribution in [0.25, 0.3) is 154 Å². The number of aromatic nitrogens is 8. The Morgan fingerprint density at radius 1 is 0.250 bits per heavy atom. The summed E-state index contributed by atoms with van der Waals surface area (Å²) in [6.45, 7) is 0. The van der Waals surface area contributed by atoms with Crippen molar-refractivity contribution >= 4 is 109 Å². The Kier molecular flexibility index (Phi) is 10.2. The van der Waals surface area contributed by atoms with Gasteiger partial charge in [0.15, 0.2) is 23.3 Å². The predicted octanol–water partition coefficient (Wildman–Crippen LogP) is 13.9. The van der Waals surface area contributed by atoms with Crippen molar-refractivity contribution in [1.29, 1.82) is 0 Å². The van der Waals surface area contributed by atoms with Gasteiger partial charge >= 0.3 is 0 Å². The van der Waals surface area contributed by atoms with Crippen LogP contribution in [0.2, 0.25) is 0 Å². The van der Waals surface area contributed by atoms with Gasteiger partial charge in [0.25, 0.3) is 0 Å². The first-order chi connectivity index (χ1) is 39.3. The highest BCUT2D eigenvalue weighted by molar-refractivity contribution is 6.23. The summed E-state index contributed by atoms with van der Waals surface area (Å²) in [5, 5.41) is 12.6. The second-order valence-electron chi connectivity index (χ2n) is 19.5. The van der Waals surface area contributed by atoms with Crippen molar-refractivity contribution in [3.8, 4) is 91.5 Å². The number of ether oxygens (including phenoxy) is 8. The molecule has 390 valence electrons. The van der Waals surface area contributed by atoms with Crippen LogP contribution < -0.4 is 37.9 Å². The highest BCUT2D eigenvalue weighted by Crippen LogP contribution is 2.56. The molecule has 0 atom stereocenters. The highest BCUT2D eigenvalue weighted by Gasteiger charge is 2.35. The molecule has 15 rings (SSSR count). The Morgan fingerprint density at radius 3 is 0.675 bits per heavy atom. The zero-order valence-corrected chi connectivity index (χ0v) is 44.5. The average Bonchev–Trinajstić information content (AvgIpc) is 4.43. The maximum Gasteiger partial charge on any atom is 0.168 e. The molecule has 10 aromatic carbocycles. The number of H-pyrrole nitrogens is 2. The van der Waals surface area contributed by atoms with Crippen LogP contribution in [0.3, 0.4) is 0 Å². The molecular weight excluding hydrogens is 1010 g/mol. The minimum atomic E-state index is 0.264. The molecule has 0 saturated heterocycles. The minimum absolute atomic E-state index is 0.264. The number of fused-ring (bicyclic) bond motifs is 26. The van der Waals surface area contributed by atoms with Crippen molar-refractivity contribution in [1.82, 2.24) is 39.9 Å². The van der Waals surface area contributed by atoms with Gasteiger partial charge in [-0.1, -0.05) is 97.1 Å². The molecule has 8 bridgehead atoms. The van der Waals surface area contributed by atoms with Gasteiger partial charge in [0, 0.05) is 43.1 Å². The van der Waals surface area contributed by atoms with E-state index in [1.54, 1.807) is 56.9 Å². The molecule has 16 heteroatoms. The van der Waals surface area contributed by atoms with Gasteiger partial charge in [0.05, 0.1) is 101 Å². The van der Waals surface area contributed by atoms with E-state index < -0.39 is 0 Å². The molecule has 0 fully saturated rings. The van der Waals surface area contributed by atoms with Crippen molar-refractivity contribution in [3.05, 3.63) is 121 Å². The molecule has 2 N–H and O–H groups in total. The monoisotopic (exact) mass is 1050 g/mol. The van der Waals surface area contributed by atoms with E-state index in [4.69, 9.17) is 67.8 Å². The maximum atomic E-state index is 6.51. The number of hydrogen-bond acceptors (Lipinski definition) is 14. The van der Waals surface area contributed by atoms with Crippen LogP contribution in [0.1, 0.15) is 0 Å². The van der Waals surface area contributed by atoms with Crippen molar-refractivity contribution in [2.45, 2.75) is 0 Å². The van der Waals surface area contributed by atoms with E-state index in [-0.39, 0.29) is 23.3 Å². The third kappa shape index (κ3) is 6.31. The lowest BCUT2D eigenvalue weighted by Crippen LogP contribution is -1.97. The number of nitrogens with one attached hydrogen (secondary N) is 2. The average molecular weight is 1060 g/mol. The Balaban J connectivity index is 1.22. The van der Waals surface area contributed by atoms with Crippen molar-refractivity contribution in [2.75, 3.05) is 56.9 Å². The molecule has 0 amide bonds. The molecule has 2 aliphatic heterocycles. The lowest BCUT2D eigenvalue weighted by atomic mass is 9.95. The molecule has 0 saturated carbocycles. The molecule has 0 radical (unpaired) electrons. The van der Waals surface area contributed by atoms with Gasteiger partial charge in [-0.25, -0.2) is 29.9 Å². The second-order valence-corrected chi connectivity index (χ2v) is 19.5. The summed E-state index contributed by atoms with van der Waals surface area (Å²) < 4.78 is 51.7. The van der Waals surface area contributed by atoms with E-state index in [2.05, 4.69) is 58.5 Å². The van der Waals surface area contributed by atoms with Gasteiger partial charge in [0.2, 0.25) is 0 Å². The van der Waals surface area contributed by atoms with Gasteiger partial charge in [-0.05, 0) is 45.8 Å². The van der Waals surface area contributed by atoms with Crippen LogP contribution in [-0.2, 0) is 0 Å². The SMILES string of the molecule is COc1c2c(c(OC)c3cc4ccccc4cc13)-c1nc-2nc2[nH]c(nc3nc(nc4[nH]c(n1)c1c(OC)c5ccccc5c(OC)c41)-c1c-3c(OC)c3cc4ccccc4cc3c1OC)c1c(OC)c3ccccc3c(OC)c21. The molecule has 0 spiro atoms. The number of methoxy groups -OCH3 is 8. The fraction of sp³-hybridized carbons (Fsp3) is 0.125. The standard InChI is InChI=1S/C64H46N8O8/c1-73-49-33-21-13-14-22-34(33)50(74-2)42-41(49)57-65-58(42)68-62-47-48(56(80-8)40-28-32-20-12-11-19-31(32)27-39(40)55(47)79-7)64(72-62)70-60-44-43(51(75-3)35-23-15-16-24-36(35)52(44)76-4)59(66-60)69-63-46-45(61(67-57)71-63)53(77-5)37-25-29-17-9-10-18-30(29)26-38(37)54(46)78-6/h9-28H,1-8H3,(H2,65,66,67,68,69,70,71,72). The summed E-state index contributed by atoms with van der Waals surface area (Å²) >= 11 is 0. The van der Waals surface area contributed by atoms with Crippen LogP contribution in [0.4, 0.5) is 0 Å². The van der Waals surface area contributed by atoms with E-state index in [0.717, 1.165) is 64.6 Å². The highest BCUT2D eigenvalue weighted by atomic mass is 16.5. The molecule has 13 aromatic rings. The Bertz CT molecular complexity index is 4470. The predicted molar refractivity (Wildman–Crippen MR) is 314 cm³/mol. The van der Waals surface area contributed by atoms with E-state index in [1.165, 1.54) is 0 Å². The Hall–Kier alpha value is -10.5. The van der Waals surface area contributed by atoms with Crippen LogP contribution in [0.15, 0.2) is 121 Å². The van der Waals surface area contributed by atoms with Gasteiger partial charge < -0.3 is 47.9 Å². The zero-order valence-electron chi connectivity index (χ0n) is 44.5. The summed E-state index contributed by atoms with van der Waals surface area (Å²) in [6.07, 6.45) is 0. The van der Waals surface area contributed by atoms with Crippen LogP contribution in [0.5, 0.6) is 46.0 Å². The lowest BCUT2D eigenvalue weighted by Gasteiger charge is -2.17. The molecule has 3 aromatic heterocycles. The Morgan fingerprint density at radius 2 is 0.463 bits per heavy atom. The molecule has 16 nitrogen and oxygen atoms in total. The number of benzene rings is 10. The first-order valence-electron chi connectivity index (χ1n) is 25.7.